The van der Waals surface area contributed by atoms with Gasteiger partial charge in [0.05, 0.1) is 18.4 Å². The van der Waals surface area contributed by atoms with Crippen LogP contribution < -0.4 is 4.74 Å². The van der Waals surface area contributed by atoms with Crippen molar-refractivity contribution in [2.24, 2.45) is 0 Å². The van der Waals surface area contributed by atoms with Gasteiger partial charge in [0.2, 0.25) is 5.91 Å². The Bertz CT molecular complexity index is 1000. The standard InChI is InChI=1S/C20H22N4O2S/c1-5-9-23(10-6-2)19(25)13-27-20-22-21-18-11-14(3)16-8-7-15(26-4)12-17(16)24(18)20/h5-8,11-12H,1-2,9-10,13H2,3-4H3. The number of rotatable bonds is 8. The van der Waals surface area contributed by atoms with Crippen molar-refractivity contribution in [2.45, 2.75) is 12.1 Å². The Morgan fingerprint density at radius 1 is 1.26 bits per heavy atom. The van der Waals surface area contributed by atoms with Gasteiger partial charge in [-0.3, -0.25) is 9.20 Å². The average Bonchev–Trinajstić information content (AvgIpc) is 3.08. The summed E-state index contributed by atoms with van der Waals surface area (Å²) in [6.45, 7) is 10.4. The lowest BCUT2D eigenvalue weighted by Gasteiger charge is -2.18. The number of thioether (sulfide) groups is 1. The van der Waals surface area contributed by atoms with Gasteiger partial charge in [0.15, 0.2) is 10.8 Å². The van der Waals surface area contributed by atoms with Crippen LogP contribution in [-0.4, -0.2) is 51.4 Å². The number of methoxy groups -OCH3 is 1. The van der Waals surface area contributed by atoms with E-state index in [0.29, 0.717) is 18.2 Å². The number of aromatic nitrogens is 3. The first kappa shape index (κ1) is 19.0. The molecule has 1 aromatic carbocycles. The first-order valence-corrected chi connectivity index (χ1v) is 9.52. The number of pyridine rings is 1. The molecule has 3 rings (SSSR count). The molecule has 27 heavy (non-hydrogen) atoms. The van der Waals surface area contributed by atoms with Gasteiger partial charge in [0.25, 0.3) is 0 Å². The minimum Gasteiger partial charge on any atom is -0.497 e. The summed E-state index contributed by atoms with van der Waals surface area (Å²) in [5.41, 5.74) is 2.82. The molecule has 0 N–H and O–H groups in total. The fourth-order valence-electron chi connectivity index (χ4n) is 2.93. The van der Waals surface area contributed by atoms with Crippen LogP contribution in [0.3, 0.4) is 0 Å². The number of fused-ring (bicyclic) bond motifs is 3. The topological polar surface area (TPSA) is 59.7 Å². The lowest BCUT2D eigenvalue weighted by Crippen LogP contribution is -2.32. The van der Waals surface area contributed by atoms with Crippen molar-refractivity contribution in [2.75, 3.05) is 26.0 Å². The van der Waals surface area contributed by atoms with Gasteiger partial charge in [-0.05, 0) is 30.7 Å². The van der Waals surface area contributed by atoms with Gasteiger partial charge in [0, 0.05) is 24.5 Å². The Kier molecular flexibility index (Phi) is 5.81. The number of carbonyl (C=O) groups is 1. The molecule has 0 saturated carbocycles. The molecule has 0 bridgehead atoms. The maximum atomic E-state index is 12.5. The average molecular weight is 382 g/mol. The van der Waals surface area contributed by atoms with Crippen LogP contribution in [0.5, 0.6) is 5.75 Å². The summed E-state index contributed by atoms with van der Waals surface area (Å²) in [5.74, 6) is 1.03. The van der Waals surface area contributed by atoms with Gasteiger partial charge in [-0.15, -0.1) is 23.4 Å². The summed E-state index contributed by atoms with van der Waals surface area (Å²) in [6, 6.07) is 7.92. The first-order valence-electron chi connectivity index (χ1n) is 8.54. The van der Waals surface area contributed by atoms with E-state index < -0.39 is 0 Å². The van der Waals surface area contributed by atoms with Crippen LogP contribution in [0.2, 0.25) is 0 Å². The predicted octanol–water partition coefficient (Wildman–Crippen LogP) is 3.49. The molecule has 0 saturated heterocycles. The van der Waals surface area contributed by atoms with Crippen molar-refractivity contribution in [3.05, 3.63) is 55.1 Å². The zero-order valence-corrected chi connectivity index (χ0v) is 16.3. The summed E-state index contributed by atoms with van der Waals surface area (Å²) in [5, 5.41) is 10.3. The van der Waals surface area contributed by atoms with Crippen molar-refractivity contribution >= 4 is 34.2 Å². The van der Waals surface area contributed by atoms with E-state index in [9.17, 15) is 4.79 Å². The maximum absolute atomic E-state index is 12.5. The van der Waals surface area contributed by atoms with Gasteiger partial charge in [0.1, 0.15) is 5.75 Å². The highest BCUT2D eigenvalue weighted by Gasteiger charge is 2.16. The number of aryl methyl sites for hydroxylation is 1. The SMILES string of the molecule is C=CCN(CC=C)C(=O)CSc1nnc2cc(C)c3ccc(OC)cc3n12. The largest absolute Gasteiger partial charge is 0.497 e. The van der Waals surface area contributed by atoms with Crippen molar-refractivity contribution < 1.29 is 9.53 Å². The van der Waals surface area contributed by atoms with E-state index in [0.717, 1.165) is 27.9 Å². The van der Waals surface area contributed by atoms with Crippen LogP contribution in [0.4, 0.5) is 0 Å². The molecule has 7 heteroatoms. The first-order chi connectivity index (χ1) is 13.1. The van der Waals surface area contributed by atoms with Gasteiger partial charge in [-0.25, -0.2) is 0 Å². The van der Waals surface area contributed by atoms with Gasteiger partial charge >= 0.3 is 0 Å². The van der Waals surface area contributed by atoms with Crippen LogP contribution in [0, 0.1) is 6.92 Å². The van der Waals surface area contributed by atoms with Crippen LogP contribution in [-0.2, 0) is 4.79 Å². The van der Waals surface area contributed by atoms with Crippen LogP contribution in [0.25, 0.3) is 16.6 Å². The second-order valence-electron chi connectivity index (χ2n) is 6.05. The molecule has 6 nitrogen and oxygen atoms in total. The fourth-order valence-corrected chi connectivity index (χ4v) is 3.79. The van der Waals surface area contributed by atoms with E-state index in [1.54, 1.807) is 24.2 Å². The minimum absolute atomic E-state index is 0.00514. The molecule has 1 amide bonds. The maximum Gasteiger partial charge on any atom is 0.233 e. The molecule has 3 aromatic rings. The highest BCUT2D eigenvalue weighted by atomic mass is 32.2. The lowest BCUT2D eigenvalue weighted by molar-refractivity contribution is -0.127. The van der Waals surface area contributed by atoms with E-state index >= 15 is 0 Å². The molecule has 0 aliphatic carbocycles. The molecule has 0 spiro atoms. The summed E-state index contributed by atoms with van der Waals surface area (Å²) >= 11 is 1.37. The summed E-state index contributed by atoms with van der Waals surface area (Å²) < 4.78 is 7.34. The quantitative estimate of drug-likeness (QED) is 0.441. The van der Waals surface area contributed by atoms with Gasteiger partial charge < -0.3 is 9.64 Å². The zero-order chi connectivity index (χ0) is 19.4. The van der Waals surface area contributed by atoms with E-state index in [4.69, 9.17) is 4.74 Å². The van der Waals surface area contributed by atoms with Crippen molar-refractivity contribution in [1.29, 1.82) is 0 Å². The third kappa shape index (κ3) is 3.83. The minimum atomic E-state index is 0.00514. The zero-order valence-electron chi connectivity index (χ0n) is 15.5. The normalized spacial score (nSPS) is 10.9. The van der Waals surface area contributed by atoms with E-state index in [1.165, 1.54) is 11.8 Å². The molecular weight excluding hydrogens is 360 g/mol. The molecule has 0 aliphatic rings. The smallest absolute Gasteiger partial charge is 0.233 e. The van der Waals surface area contributed by atoms with Gasteiger partial charge in [-0.2, -0.15) is 0 Å². The van der Waals surface area contributed by atoms with E-state index in [1.807, 2.05) is 35.6 Å². The summed E-state index contributed by atoms with van der Waals surface area (Å²) in [4.78, 5) is 14.2. The molecule has 140 valence electrons. The molecule has 2 aromatic heterocycles. The molecule has 0 fully saturated rings. The Balaban J connectivity index is 1.95. The number of hydrogen-bond acceptors (Lipinski definition) is 5. The number of carbonyl (C=O) groups excluding carboxylic acids is 1. The molecule has 0 aliphatic heterocycles. The monoisotopic (exact) mass is 382 g/mol. The van der Waals surface area contributed by atoms with Crippen LogP contribution in [0.15, 0.2) is 54.7 Å². The van der Waals surface area contributed by atoms with Crippen LogP contribution >= 0.6 is 11.8 Å². The number of benzene rings is 1. The van der Waals surface area contributed by atoms with Gasteiger partial charge in [-0.1, -0.05) is 23.9 Å². The van der Waals surface area contributed by atoms with E-state index in [2.05, 4.69) is 23.4 Å². The Hall–Kier alpha value is -2.80. The highest BCUT2D eigenvalue weighted by Crippen LogP contribution is 2.28. The third-order valence-corrected chi connectivity index (χ3v) is 5.16. The molecule has 2 heterocycles. The Morgan fingerprint density at radius 2 is 2.00 bits per heavy atom. The Labute approximate surface area is 162 Å². The number of nitrogens with zero attached hydrogens (tertiary/aromatic N) is 4. The van der Waals surface area contributed by atoms with Crippen molar-refractivity contribution in [3.63, 3.8) is 0 Å². The van der Waals surface area contributed by atoms with Crippen molar-refractivity contribution in [1.82, 2.24) is 19.5 Å². The molecular formula is C20H22N4O2S. The van der Waals surface area contributed by atoms with Crippen molar-refractivity contribution in [3.8, 4) is 5.75 Å². The number of hydrogen-bond donors (Lipinski definition) is 0. The fraction of sp³-hybridized carbons (Fsp3) is 0.250. The second-order valence-corrected chi connectivity index (χ2v) is 6.99. The van der Waals surface area contributed by atoms with Crippen LogP contribution in [0.1, 0.15) is 5.56 Å². The molecule has 0 atom stereocenters. The van der Waals surface area contributed by atoms with E-state index in [-0.39, 0.29) is 11.7 Å². The number of ether oxygens (including phenoxy) is 1. The second kappa shape index (κ2) is 8.26. The third-order valence-electron chi connectivity index (χ3n) is 4.25. The number of amides is 1. The molecule has 0 radical (unpaired) electrons. The molecule has 0 unspecified atom stereocenters. The summed E-state index contributed by atoms with van der Waals surface area (Å²) in [7, 11) is 1.64. The lowest BCUT2D eigenvalue weighted by atomic mass is 10.1. The highest BCUT2D eigenvalue weighted by molar-refractivity contribution is 7.99. The predicted molar refractivity (Wildman–Crippen MR) is 109 cm³/mol. The Morgan fingerprint density at radius 3 is 2.67 bits per heavy atom. The summed E-state index contributed by atoms with van der Waals surface area (Å²) in [6.07, 6.45) is 3.42.